The van der Waals surface area contributed by atoms with Crippen molar-refractivity contribution in [1.82, 2.24) is 9.21 Å². The number of sulfonamides is 1. The lowest BCUT2D eigenvalue weighted by Crippen LogP contribution is -2.50. The van der Waals surface area contributed by atoms with Gasteiger partial charge in [-0.25, -0.2) is 8.42 Å². The van der Waals surface area contributed by atoms with Gasteiger partial charge in [-0.1, -0.05) is 30.3 Å². The molecular weight excluding hydrogens is 378 g/mol. The third-order valence-electron chi connectivity index (χ3n) is 4.54. The highest BCUT2D eigenvalue weighted by Crippen LogP contribution is 2.21. The van der Waals surface area contributed by atoms with Crippen LogP contribution in [0.2, 0.25) is 0 Å². The second-order valence-corrected chi connectivity index (χ2v) is 8.21. The number of nitriles is 1. The number of nitrogens with zero attached hydrogens (tertiary/aromatic N) is 3. The highest BCUT2D eigenvalue weighted by molar-refractivity contribution is 7.89. The normalized spacial score (nSPS) is 15.0. The Bertz CT molecular complexity index is 962. The number of ether oxygens (including phenoxy) is 1. The Balaban J connectivity index is 1.54. The van der Waals surface area contributed by atoms with Crippen LogP contribution >= 0.6 is 0 Å². The number of carbonyl (C=O) groups excluding carboxylic acids is 1. The molecule has 28 heavy (non-hydrogen) atoms. The minimum Gasteiger partial charge on any atom is -0.493 e. The predicted octanol–water partition coefficient (Wildman–Crippen LogP) is 1.86. The van der Waals surface area contributed by atoms with Crippen LogP contribution in [0.15, 0.2) is 59.5 Å². The summed E-state index contributed by atoms with van der Waals surface area (Å²) in [5.74, 6) is 0.646. The molecule has 1 heterocycles. The first-order valence-electron chi connectivity index (χ1n) is 8.97. The number of piperazine rings is 1. The first-order valence-corrected chi connectivity index (χ1v) is 10.4. The van der Waals surface area contributed by atoms with Crippen LogP contribution in [0.5, 0.6) is 5.75 Å². The maximum Gasteiger partial charge on any atom is 0.244 e. The lowest BCUT2D eigenvalue weighted by molar-refractivity contribution is -0.132. The number of benzene rings is 2. The summed E-state index contributed by atoms with van der Waals surface area (Å²) < 4.78 is 32.5. The fourth-order valence-corrected chi connectivity index (χ4v) is 4.60. The fraction of sp³-hybridized carbons (Fsp3) is 0.300. The van der Waals surface area contributed by atoms with E-state index in [0.29, 0.717) is 18.8 Å². The summed E-state index contributed by atoms with van der Waals surface area (Å²) in [6.45, 7) is 1.31. The number of amides is 1. The molecule has 1 saturated heterocycles. The van der Waals surface area contributed by atoms with Crippen LogP contribution in [0.25, 0.3) is 0 Å². The van der Waals surface area contributed by atoms with E-state index in [9.17, 15) is 13.2 Å². The van der Waals surface area contributed by atoms with Gasteiger partial charge in [0.2, 0.25) is 15.9 Å². The van der Waals surface area contributed by atoms with E-state index >= 15 is 0 Å². The average Bonchev–Trinajstić information content (AvgIpc) is 2.74. The van der Waals surface area contributed by atoms with Crippen molar-refractivity contribution in [3.05, 3.63) is 60.2 Å². The van der Waals surface area contributed by atoms with Gasteiger partial charge < -0.3 is 9.64 Å². The third-order valence-corrected chi connectivity index (χ3v) is 6.50. The van der Waals surface area contributed by atoms with E-state index in [1.165, 1.54) is 16.4 Å². The number of hydrogen-bond donors (Lipinski definition) is 0. The van der Waals surface area contributed by atoms with E-state index in [4.69, 9.17) is 10.00 Å². The van der Waals surface area contributed by atoms with E-state index in [0.717, 1.165) is 0 Å². The zero-order chi connectivity index (χ0) is 20.0. The molecule has 2 aromatic carbocycles. The Kier molecular flexibility index (Phi) is 6.29. The van der Waals surface area contributed by atoms with Gasteiger partial charge in [0, 0.05) is 26.2 Å². The lowest BCUT2D eigenvalue weighted by atomic mass is 10.2. The number of hydrogen-bond acceptors (Lipinski definition) is 5. The van der Waals surface area contributed by atoms with Crippen molar-refractivity contribution >= 4 is 15.9 Å². The Labute approximate surface area is 164 Å². The molecule has 1 aliphatic heterocycles. The summed E-state index contributed by atoms with van der Waals surface area (Å²) >= 11 is 0. The van der Waals surface area contributed by atoms with E-state index in [2.05, 4.69) is 0 Å². The topological polar surface area (TPSA) is 90.7 Å². The molecule has 1 aliphatic rings. The summed E-state index contributed by atoms with van der Waals surface area (Å²) in [5.41, 5.74) is 0.124. The van der Waals surface area contributed by atoms with Crippen molar-refractivity contribution in [3.63, 3.8) is 0 Å². The molecule has 146 valence electrons. The van der Waals surface area contributed by atoms with Crippen molar-refractivity contribution in [2.24, 2.45) is 0 Å². The smallest absolute Gasteiger partial charge is 0.244 e. The van der Waals surface area contributed by atoms with Crippen LogP contribution in [0.4, 0.5) is 0 Å². The van der Waals surface area contributed by atoms with E-state index < -0.39 is 10.0 Å². The molecular formula is C20H21N3O4S. The van der Waals surface area contributed by atoms with Gasteiger partial charge in [0.1, 0.15) is 11.8 Å². The summed E-state index contributed by atoms with van der Waals surface area (Å²) in [6.07, 6.45) is 0.235. The summed E-state index contributed by atoms with van der Waals surface area (Å²) in [6, 6.07) is 17.3. The van der Waals surface area contributed by atoms with Crippen molar-refractivity contribution in [2.45, 2.75) is 11.3 Å². The van der Waals surface area contributed by atoms with Gasteiger partial charge in [0.15, 0.2) is 0 Å². The quantitative estimate of drug-likeness (QED) is 0.739. The molecule has 0 spiro atoms. The maximum atomic E-state index is 12.8. The van der Waals surface area contributed by atoms with Crippen LogP contribution in [0.3, 0.4) is 0 Å². The monoisotopic (exact) mass is 399 g/mol. The number of rotatable bonds is 6. The van der Waals surface area contributed by atoms with Crippen LogP contribution in [0.1, 0.15) is 12.0 Å². The van der Waals surface area contributed by atoms with Crippen molar-refractivity contribution in [3.8, 4) is 11.8 Å². The van der Waals surface area contributed by atoms with Crippen LogP contribution in [-0.4, -0.2) is 56.3 Å². The molecule has 0 radical (unpaired) electrons. The molecule has 1 fully saturated rings. The highest BCUT2D eigenvalue weighted by Gasteiger charge is 2.31. The Morgan fingerprint density at radius 3 is 2.32 bits per heavy atom. The maximum absolute atomic E-state index is 12.8. The molecule has 0 atom stereocenters. The van der Waals surface area contributed by atoms with Gasteiger partial charge >= 0.3 is 0 Å². The van der Waals surface area contributed by atoms with E-state index in [1.807, 2.05) is 36.4 Å². The highest BCUT2D eigenvalue weighted by atomic mass is 32.2. The van der Waals surface area contributed by atoms with Crippen LogP contribution in [-0.2, 0) is 14.8 Å². The second-order valence-electron chi connectivity index (χ2n) is 6.30. The molecule has 7 nitrogen and oxygen atoms in total. The summed E-state index contributed by atoms with van der Waals surface area (Å²) in [5, 5.41) is 9.16. The number of para-hydroxylation sites is 1. The van der Waals surface area contributed by atoms with Gasteiger partial charge in [-0.15, -0.1) is 0 Å². The molecule has 0 N–H and O–H groups in total. The molecule has 0 saturated carbocycles. The zero-order valence-electron chi connectivity index (χ0n) is 15.3. The fourth-order valence-electron chi connectivity index (χ4n) is 3.03. The van der Waals surface area contributed by atoms with E-state index in [-0.39, 0.29) is 42.5 Å². The molecule has 3 rings (SSSR count). The van der Waals surface area contributed by atoms with Crippen molar-refractivity contribution < 1.29 is 17.9 Å². The SMILES string of the molecule is N#Cc1ccccc1S(=O)(=O)N1CCN(C(=O)CCOc2ccccc2)CC1. The van der Waals surface area contributed by atoms with Gasteiger partial charge in [0.05, 0.1) is 23.5 Å². The minimum atomic E-state index is -3.76. The molecule has 0 aliphatic carbocycles. The lowest BCUT2D eigenvalue weighted by Gasteiger charge is -2.34. The third kappa shape index (κ3) is 4.50. The number of carbonyl (C=O) groups is 1. The Morgan fingerprint density at radius 2 is 1.64 bits per heavy atom. The van der Waals surface area contributed by atoms with Crippen molar-refractivity contribution in [2.75, 3.05) is 32.8 Å². The van der Waals surface area contributed by atoms with Gasteiger partial charge in [0.25, 0.3) is 0 Å². The van der Waals surface area contributed by atoms with Crippen LogP contribution in [0, 0.1) is 11.3 Å². The van der Waals surface area contributed by atoms with E-state index in [1.54, 1.807) is 17.0 Å². The van der Waals surface area contributed by atoms with Gasteiger partial charge in [-0.3, -0.25) is 4.79 Å². The minimum absolute atomic E-state index is 0.00791. The molecule has 0 aromatic heterocycles. The molecule has 0 bridgehead atoms. The second kappa shape index (κ2) is 8.87. The predicted molar refractivity (Wildman–Crippen MR) is 103 cm³/mol. The van der Waals surface area contributed by atoms with Crippen LogP contribution < -0.4 is 4.74 Å². The van der Waals surface area contributed by atoms with Crippen molar-refractivity contribution in [1.29, 1.82) is 5.26 Å². The Hall–Kier alpha value is -2.89. The largest absolute Gasteiger partial charge is 0.493 e. The molecule has 8 heteroatoms. The molecule has 2 aromatic rings. The van der Waals surface area contributed by atoms with Gasteiger partial charge in [-0.2, -0.15) is 9.57 Å². The standard InChI is InChI=1S/C20H21N3O4S/c21-16-17-6-4-5-9-19(17)28(25,26)23-13-11-22(12-14-23)20(24)10-15-27-18-7-2-1-3-8-18/h1-9H,10-15H2. The first-order chi connectivity index (χ1) is 13.5. The zero-order valence-corrected chi connectivity index (χ0v) is 16.1. The summed E-state index contributed by atoms with van der Waals surface area (Å²) in [7, 11) is -3.76. The average molecular weight is 399 g/mol. The molecule has 0 unspecified atom stereocenters. The van der Waals surface area contributed by atoms with Gasteiger partial charge in [-0.05, 0) is 24.3 Å². The Morgan fingerprint density at radius 1 is 1.00 bits per heavy atom. The first kappa shape index (κ1) is 19.9. The molecule has 1 amide bonds. The summed E-state index contributed by atoms with van der Waals surface area (Å²) in [4.78, 5) is 14.0.